The Balaban J connectivity index is 1.41. The summed E-state index contributed by atoms with van der Waals surface area (Å²) >= 11 is 1.64. The summed E-state index contributed by atoms with van der Waals surface area (Å²) in [7, 11) is 0. The van der Waals surface area contributed by atoms with E-state index in [2.05, 4.69) is 27.5 Å². The Morgan fingerprint density at radius 1 is 1.23 bits per heavy atom. The number of pyridine rings is 1. The lowest BCUT2D eigenvalue weighted by atomic mass is 10.0. The van der Waals surface area contributed by atoms with E-state index in [-0.39, 0.29) is 11.9 Å². The molecule has 1 amide bonds. The third-order valence-electron chi connectivity index (χ3n) is 5.62. The lowest BCUT2D eigenvalue weighted by Gasteiger charge is -2.16. The van der Waals surface area contributed by atoms with Gasteiger partial charge in [0.2, 0.25) is 0 Å². The SMILES string of the molecule is O=C(N[C@@H]1CCC[C@H]1O)c1cc(Cc2ccc(-n3cccn3)cc2)c2sccc2n1. The van der Waals surface area contributed by atoms with Crippen molar-refractivity contribution in [1.82, 2.24) is 20.1 Å². The smallest absolute Gasteiger partial charge is 0.270 e. The van der Waals surface area contributed by atoms with E-state index in [1.807, 2.05) is 46.6 Å². The van der Waals surface area contributed by atoms with Gasteiger partial charge in [0, 0.05) is 12.4 Å². The second-order valence-electron chi connectivity index (χ2n) is 7.67. The maximum atomic E-state index is 12.8. The molecule has 7 heteroatoms. The number of amides is 1. The maximum Gasteiger partial charge on any atom is 0.270 e. The molecule has 0 spiro atoms. The third-order valence-corrected chi connectivity index (χ3v) is 6.60. The van der Waals surface area contributed by atoms with Crippen molar-refractivity contribution in [1.29, 1.82) is 0 Å². The molecule has 1 saturated carbocycles. The molecule has 0 unspecified atom stereocenters. The van der Waals surface area contributed by atoms with Crippen molar-refractivity contribution in [2.24, 2.45) is 0 Å². The average Bonchev–Trinajstić information content (AvgIpc) is 3.51. The number of benzene rings is 1. The van der Waals surface area contributed by atoms with Crippen LogP contribution in [0, 0.1) is 0 Å². The predicted octanol–water partition coefficient (Wildman–Crippen LogP) is 3.72. The first-order chi connectivity index (χ1) is 14.7. The Morgan fingerprint density at radius 3 is 2.83 bits per heavy atom. The number of fused-ring (bicyclic) bond motifs is 1. The third kappa shape index (κ3) is 3.74. The van der Waals surface area contributed by atoms with Crippen LogP contribution in [0.5, 0.6) is 0 Å². The fraction of sp³-hybridized carbons (Fsp3) is 0.261. The van der Waals surface area contributed by atoms with Crippen LogP contribution in [0.1, 0.15) is 40.9 Å². The molecule has 3 aromatic heterocycles. The highest BCUT2D eigenvalue weighted by molar-refractivity contribution is 7.17. The number of aliphatic hydroxyl groups is 1. The molecule has 3 heterocycles. The Kier molecular flexibility index (Phi) is 5.06. The molecule has 30 heavy (non-hydrogen) atoms. The summed E-state index contributed by atoms with van der Waals surface area (Å²) < 4.78 is 2.93. The highest BCUT2D eigenvalue weighted by atomic mass is 32.1. The summed E-state index contributed by atoms with van der Waals surface area (Å²) in [6.07, 6.45) is 6.40. The minimum absolute atomic E-state index is 0.184. The number of aromatic nitrogens is 3. The summed E-state index contributed by atoms with van der Waals surface area (Å²) in [5.41, 5.74) is 4.49. The molecular weight excluding hydrogens is 396 g/mol. The van der Waals surface area contributed by atoms with Crippen molar-refractivity contribution >= 4 is 27.5 Å². The number of nitrogens with one attached hydrogen (secondary N) is 1. The molecule has 6 nitrogen and oxygen atoms in total. The van der Waals surface area contributed by atoms with Crippen LogP contribution in [-0.4, -0.2) is 37.9 Å². The lowest BCUT2D eigenvalue weighted by Crippen LogP contribution is -2.40. The summed E-state index contributed by atoms with van der Waals surface area (Å²) in [5, 5.41) is 19.2. The molecule has 0 bridgehead atoms. The molecule has 0 radical (unpaired) electrons. The van der Waals surface area contributed by atoms with E-state index in [1.54, 1.807) is 17.5 Å². The zero-order valence-corrected chi connectivity index (χ0v) is 17.2. The number of hydrogen-bond acceptors (Lipinski definition) is 5. The van der Waals surface area contributed by atoms with Gasteiger partial charge in [-0.3, -0.25) is 4.79 Å². The Bertz CT molecular complexity index is 1170. The van der Waals surface area contributed by atoms with Crippen LogP contribution in [-0.2, 0) is 6.42 Å². The van der Waals surface area contributed by atoms with E-state index in [9.17, 15) is 9.90 Å². The number of aliphatic hydroxyl groups excluding tert-OH is 1. The van der Waals surface area contributed by atoms with Crippen molar-refractivity contribution < 1.29 is 9.90 Å². The second kappa shape index (κ2) is 8.01. The fourth-order valence-corrected chi connectivity index (χ4v) is 4.88. The zero-order valence-electron chi connectivity index (χ0n) is 16.4. The van der Waals surface area contributed by atoms with Gasteiger partial charge in [-0.05, 0) is 72.5 Å². The van der Waals surface area contributed by atoms with E-state index in [4.69, 9.17) is 0 Å². The van der Waals surface area contributed by atoms with Gasteiger partial charge in [0.15, 0.2) is 0 Å². The van der Waals surface area contributed by atoms with E-state index in [0.717, 1.165) is 46.3 Å². The van der Waals surface area contributed by atoms with Crippen LogP contribution in [0.15, 0.2) is 60.2 Å². The molecule has 2 atom stereocenters. The van der Waals surface area contributed by atoms with Crippen molar-refractivity contribution in [3.8, 4) is 5.69 Å². The number of carbonyl (C=O) groups is 1. The van der Waals surface area contributed by atoms with Gasteiger partial charge in [0.25, 0.3) is 5.91 Å². The zero-order chi connectivity index (χ0) is 20.5. The first-order valence-electron chi connectivity index (χ1n) is 10.1. The van der Waals surface area contributed by atoms with E-state index in [0.29, 0.717) is 12.1 Å². The topological polar surface area (TPSA) is 80.0 Å². The monoisotopic (exact) mass is 418 g/mol. The normalized spacial score (nSPS) is 18.7. The Hall–Kier alpha value is -3.03. The van der Waals surface area contributed by atoms with Crippen LogP contribution in [0.3, 0.4) is 0 Å². The Labute approximate surface area is 178 Å². The van der Waals surface area contributed by atoms with Crippen LogP contribution in [0.2, 0.25) is 0 Å². The molecular formula is C23H22N4O2S. The van der Waals surface area contributed by atoms with Gasteiger partial charge in [-0.15, -0.1) is 11.3 Å². The summed E-state index contributed by atoms with van der Waals surface area (Å²) in [6.45, 7) is 0. The molecule has 2 N–H and O–H groups in total. The molecule has 1 aliphatic rings. The van der Waals surface area contributed by atoms with Crippen LogP contribution >= 0.6 is 11.3 Å². The number of nitrogens with zero attached hydrogens (tertiary/aromatic N) is 3. The first-order valence-corrected chi connectivity index (χ1v) is 11.0. The summed E-state index contributed by atoms with van der Waals surface area (Å²) in [5.74, 6) is -0.218. The largest absolute Gasteiger partial charge is 0.391 e. The molecule has 1 aromatic carbocycles. The standard InChI is InChI=1S/C23H22N4O2S/c28-21-4-1-3-18(21)26-23(29)20-14-16(22-19(25-20)9-12-30-22)13-15-5-7-17(8-6-15)27-11-2-10-24-27/h2,5-12,14,18,21,28H,1,3-4,13H2,(H,26,29)/t18-,21-/m1/s1. The first kappa shape index (κ1) is 19.0. The van der Waals surface area contributed by atoms with E-state index in [1.165, 1.54) is 0 Å². The number of hydrogen-bond donors (Lipinski definition) is 2. The summed E-state index contributed by atoms with van der Waals surface area (Å²) in [4.78, 5) is 17.4. The molecule has 1 aliphatic carbocycles. The molecule has 152 valence electrons. The number of rotatable bonds is 5. The van der Waals surface area contributed by atoms with Gasteiger partial charge < -0.3 is 10.4 Å². The minimum Gasteiger partial charge on any atom is -0.391 e. The van der Waals surface area contributed by atoms with Crippen LogP contribution in [0.25, 0.3) is 15.9 Å². The Morgan fingerprint density at radius 2 is 2.10 bits per heavy atom. The van der Waals surface area contributed by atoms with Gasteiger partial charge in [-0.25, -0.2) is 9.67 Å². The van der Waals surface area contributed by atoms with Crippen molar-refractivity contribution in [2.45, 2.75) is 37.8 Å². The van der Waals surface area contributed by atoms with E-state index < -0.39 is 6.10 Å². The predicted molar refractivity (Wildman–Crippen MR) is 117 cm³/mol. The average molecular weight is 419 g/mol. The molecule has 5 rings (SSSR count). The van der Waals surface area contributed by atoms with Crippen molar-refractivity contribution in [2.75, 3.05) is 0 Å². The molecule has 4 aromatic rings. The number of thiophene rings is 1. The minimum atomic E-state index is -0.466. The van der Waals surface area contributed by atoms with Gasteiger partial charge in [0.1, 0.15) is 5.69 Å². The van der Waals surface area contributed by atoms with Crippen molar-refractivity contribution in [3.05, 3.63) is 77.1 Å². The molecule has 1 fully saturated rings. The van der Waals surface area contributed by atoms with Crippen LogP contribution < -0.4 is 5.32 Å². The highest BCUT2D eigenvalue weighted by Gasteiger charge is 2.27. The number of carbonyl (C=O) groups excluding carboxylic acids is 1. The van der Waals surface area contributed by atoms with E-state index >= 15 is 0 Å². The molecule has 0 saturated heterocycles. The van der Waals surface area contributed by atoms with Gasteiger partial charge >= 0.3 is 0 Å². The van der Waals surface area contributed by atoms with Crippen LogP contribution in [0.4, 0.5) is 0 Å². The van der Waals surface area contributed by atoms with Gasteiger partial charge in [-0.2, -0.15) is 5.10 Å². The fourth-order valence-electron chi connectivity index (χ4n) is 4.03. The van der Waals surface area contributed by atoms with Gasteiger partial charge in [0.05, 0.1) is 28.0 Å². The van der Waals surface area contributed by atoms with Crippen molar-refractivity contribution in [3.63, 3.8) is 0 Å². The summed E-state index contributed by atoms with van der Waals surface area (Å²) in [6, 6.07) is 13.8. The lowest BCUT2D eigenvalue weighted by molar-refractivity contribution is 0.0868. The second-order valence-corrected chi connectivity index (χ2v) is 8.59. The molecule has 0 aliphatic heterocycles. The highest BCUT2D eigenvalue weighted by Crippen LogP contribution is 2.27. The quantitative estimate of drug-likeness (QED) is 0.518. The maximum absolute atomic E-state index is 12.8. The van der Waals surface area contributed by atoms with Gasteiger partial charge in [-0.1, -0.05) is 12.1 Å².